The maximum Gasteiger partial charge on any atom is 0.416 e. The Hall–Kier alpha value is -1.76. The zero-order valence-electron chi connectivity index (χ0n) is 18.8. The summed E-state index contributed by atoms with van der Waals surface area (Å²) in [6.07, 6.45) is 0.238. The summed E-state index contributed by atoms with van der Waals surface area (Å²) < 4.78 is 44.1. The third kappa shape index (κ3) is 5.50. The van der Waals surface area contributed by atoms with E-state index in [0.29, 0.717) is 30.0 Å². The number of piperidine rings is 1. The predicted octanol–water partition coefficient (Wildman–Crippen LogP) is 6.32. The molecule has 2 fully saturated rings. The van der Waals surface area contributed by atoms with Crippen LogP contribution in [0, 0.1) is 5.92 Å². The summed E-state index contributed by atoms with van der Waals surface area (Å²) in [4.78, 5) is 2.34. The highest BCUT2D eigenvalue weighted by Crippen LogP contribution is 2.47. The average Bonchev–Trinajstić information content (AvgIpc) is 2.74. The van der Waals surface area contributed by atoms with Gasteiger partial charge in [-0.3, -0.25) is 4.90 Å². The Labute approximate surface area is 198 Å². The van der Waals surface area contributed by atoms with Gasteiger partial charge in [0, 0.05) is 35.5 Å². The Balaban J connectivity index is 1.35. The molecule has 1 saturated heterocycles. The van der Waals surface area contributed by atoms with E-state index in [2.05, 4.69) is 11.8 Å². The molecule has 0 spiro atoms. The van der Waals surface area contributed by atoms with Crippen molar-refractivity contribution in [1.82, 2.24) is 4.90 Å². The summed E-state index contributed by atoms with van der Waals surface area (Å²) in [5, 5.41) is 12.0. The van der Waals surface area contributed by atoms with Gasteiger partial charge in [-0.25, -0.2) is 0 Å². The molecule has 4 rings (SSSR count). The molecule has 0 amide bonds. The normalized spacial score (nSPS) is 24.2. The number of aliphatic hydroxyl groups is 1. The van der Waals surface area contributed by atoms with Crippen molar-refractivity contribution in [2.75, 3.05) is 19.7 Å². The maximum absolute atomic E-state index is 12.7. The van der Waals surface area contributed by atoms with Gasteiger partial charge in [0.25, 0.3) is 0 Å². The van der Waals surface area contributed by atoms with E-state index < -0.39 is 17.8 Å². The molecule has 180 valence electrons. The fraction of sp³-hybridized carbons (Fsp3) is 0.538. The fourth-order valence-corrected chi connectivity index (χ4v) is 5.28. The summed E-state index contributed by atoms with van der Waals surface area (Å²) in [5.74, 6) is 0.716. The van der Waals surface area contributed by atoms with Gasteiger partial charge in [0.1, 0.15) is 5.75 Å². The number of alkyl halides is 3. The summed E-state index contributed by atoms with van der Waals surface area (Å²) >= 11 is 6.06. The largest absolute Gasteiger partial charge is 0.493 e. The summed E-state index contributed by atoms with van der Waals surface area (Å²) in [6.45, 7) is 4.04. The molecular formula is C26H31ClF3NO2. The highest BCUT2D eigenvalue weighted by molar-refractivity contribution is 6.30. The van der Waals surface area contributed by atoms with Crippen LogP contribution >= 0.6 is 11.6 Å². The van der Waals surface area contributed by atoms with Crippen molar-refractivity contribution < 1.29 is 23.0 Å². The minimum atomic E-state index is -4.34. The van der Waals surface area contributed by atoms with E-state index in [-0.39, 0.29) is 11.3 Å². The monoisotopic (exact) mass is 481 g/mol. The number of hydrogen-bond donors (Lipinski definition) is 1. The van der Waals surface area contributed by atoms with E-state index in [4.69, 9.17) is 16.3 Å². The van der Waals surface area contributed by atoms with Crippen LogP contribution in [0.4, 0.5) is 13.2 Å². The van der Waals surface area contributed by atoms with Crippen LogP contribution in [0.15, 0.2) is 48.5 Å². The lowest BCUT2D eigenvalue weighted by atomic mass is 9.61. The molecule has 1 heterocycles. The lowest BCUT2D eigenvalue weighted by molar-refractivity contribution is -0.137. The van der Waals surface area contributed by atoms with Crippen molar-refractivity contribution in [2.45, 2.75) is 62.8 Å². The average molecular weight is 482 g/mol. The first-order valence-corrected chi connectivity index (χ1v) is 12.0. The second-order valence-corrected chi connectivity index (χ2v) is 10.0. The van der Waals surface area contributed by atoms with Crippen LogP contribution in [0.1, 0.15) is 50.2 Å². The van der Waals surface area contributed by atoms with E-state index in [1.165, 1.54) is 12.1 Å². The molecule has 0 radical (unpaired) electrons. The maximum atomic E-state index is 12.7. The number of benzene rings is 2. The number of nitrogens with zero attached hydrogens (tertiary/aromatic N) is 1. The molecule has 1 aliphatic heterocycles. The Morgan fingerprint density at radius 3 is 2.33 bits per heavy atom. The number of β-amino-alcohol motifs (C(OH)–C–C–N with tert-alkyl or cyclic N) is 1. The first-order valence-electron chi connectivity index (χ1n) is 11.7. The molecule has 2 aromatic carbocycles. The number of hydrogen-bond acceptors (Lipinski definition) is 3. The Morgan fingerprint density at radius 2 is 1.76 bits per heavy atom. The van der Waals surface area contributed by atoms with Crippen LogP contribution in [0.3, 0.4) is 0 Å². The Kier molecular flexibility index (Phi) is 7.27. The van der Waals surface area contributed by atoms with E-state index in [1.54, 1.807) is 0 Å². The minimum absolute atomic E-state index is 0.214. The van der Waals surface area contributed by atoms with Crippen LogP contribution in [-0.4, -0.2) is 41.8 Å². The minimum Gasteiger partial charge on any atom is -0.493 e. The topological polar surface area (TPSA) is 32.7 Å². The van der Waals surface area contributed by atoms with Gasteiger partial charge < -0.3 is 9.84 Å². The molecule has 0 unspecified atom stereocenters. The number of ether oxygens (including phenoxy) is 1. The van der Waals surface area contributed by atoms with Crippen molar-refractivity contribution in [3.05, 3.63) is 64.7 Å². The lowest BCUT2D eigenvalue weighted by Gasteiger charge is -2.49. The van der Waals surface area contributed by atoms with Gasteiger partial charge in [-0.2, -0.15) is 13.2 Å². The van der Waals surface area contributed by atoms with Gasteiger partial charge >= 0.3 is 6.18 Å². The van der Waals surface area contributed by atoms with Crippen LogP contribution in [-0.2, 0) is 11.6 Å². The van der Waals surface area contributed by atoms with Crippen molar-refractivity contribution in [3.8, 4) is 5.75 Å². The highest BCUT2D eigenvalue weighted by Gasteiger charge is 2.46. The van der Waals surface area contributed by atoms with Crippen molar-refractivity contribution >= 4 is 11.6 Å². The Morgan fingerprint density at radius 1 is 1.09 bits per heavy atom. The van der Waals surface area contributed by atoms with E-state index in [0.717, 1.165) is 56.3 Å². The molecular weight excluding hydrogens is 451 g/mol. The van der Waals surface area contributed by atoms with Gasteiger partial charge in [0.15, 0.2) is 0 Å². The highest BCUT2D eigenvalue weighted by atomic mass is 35.5. The van der Waals surface area contributed by atoms with Gasteiger partial charge in [0.05, 0.1) is 18.3 Å². The van der Waals surface area contributed by atoms with E-state index in [1.807, 2.05) is 24.3 Å². The number of rotatable bonds is 7. The van der Waals surface area contributed by atoms with Crippen molar-refractivity contribution in [1.29, 1.82) is 0 Å². The van der Waals surface area contributed by atoms with Gasteiger partial charge in [-0.05, 0) is 74.6 Å². The van der Waals surface area contributed by atoms with Crippen molar-refractivity contribution in [3.63, 3.8) is 0 Å². The zero-order valence-corrected chi connectivity index (χ0v) is 19.6. The second kappa shape index (κ2) is 9.85. The predicted molar refractivity (Wildman–Crippen MR) is 124 cm³/mol. The number of aliphatic hydroxyl groups excluding tert-OH is 1. The fourth-order valence-electron chi connectivity index (χ4n) is 5.16. The van der Waals surface area contributed by atoms with Crippen LogP contribution in [0.25, 0.3) is 0 Å². The number of likely N-dealkylation sites (tertiary alicyclic amines) is 1. The quantitative estimate of drug-likeness (QED) is 0.502. The molecule has 0 bridgehead atoms. The summed E-state index contributed by atoms with van der Waals surface area (Å²) in [7, 11) is 0. The third-order valence-electron chi connectivity index (χ3n) is 7.49. The molecule has 7 heteroatoms. The van der Waals surface area contributed by atoms with Gasteiger partial charge in [-0.1, -0.05) is 30.2 Å². The van der Waals surface area contributed by atoms with Crippen LogP contribution in [0.2, 0.25) is 5.02 Å². The first-order chi connectivity index (χ1) is 15.7. The van der Waals surface area contributed by atoms with Gasteiger partial charge in [-0.15, -0.1) is 0 Å². The zero-order chi connectivity index (χ0) is 23.6. The van der Waals surface area contributed by atoms with Crippen molar-refractivity contribution in [2.24, 2.45) is 5.92 Å². The van der Waals surface area contributed by atoms with Crippen LogP contribution < -0.4 is 4.74 Å². The molecule has 2 aliphatic rings. The molecule has 0 aromatic heterocycles. The number of halogens is 4. The smallest absolute Gasteiger partial charge is 0.416 e. The lowest BCUT2D eigenvalue weighted by Crippen LogP contribution is -2.54. The molecule has 3 atom stereocenters. The van der Waals surface area contributed by atoms with Crippen LogP contribution in [0.5, 0.6) is 5.75 Å². The Bertz CT molecular complexity index is 913. The standard InChI is InChI=1S/C26H31ClF3NO2/c1-18-3-4-19(17-33-23-11-7-21(8-12-23)26(28,29)30)15-31(18)16-24(32)25(13-2-14-25)20-5-9-22(27)10-6-20/h5-12,18-19,24,32H,2-4,13-17H2,1H3/t18-,19+,24-/m1/s1. The molecule has 1 N–H and O–H groups in total. The first kappa shape index (κ1) is 24.4. The molecule has 1 aliphatic carbocycles. The summed E-state index contributed by atoms with van der Waals surface area (Å²) in [5.41, 5.74) is 0.262. The van der Waals surface area contributed by atoms with Gasteiger partial charge in [0.2, 0.25) is 0 Å². The molecule has 1 saturated carbocycles. The summed E-state index contributed by atoms with van der Waals surface area (Å²) in [6, 6.07) is 13.1. The van der Waals surface area contributed by atoms with E-state index >= 15 is 0 Å². The molecule has 3 nitrogen and oxygen atoms in total. The molecule has 2 aromatic rings. The third-order valence-corrected chi connectivity index (χ3v) is 7.74. The second-order valence-electron chi connectivity index (χ2n) is 9.61. The SMILES string of the molecule is C[C@@H]1CC[C@H](COc2ccc(C(F)(F)F)cc2)CN1C[C@@H](O)C1(c2ccc(Cl)cc2)CCC1. The van der Waals surface area contributed by atoms with E-state index in [9.17, 15) is 18.3 Å². The molecule has 33 heavy (non-hydrogen) atoms.